The van der Waals surface area contributed by atoms with Gasteiger partial charge in [0, 0.05) is 90.6 Å². The number of allylic oxidation sites excluding steroid dienone is 2. The standard InChI is InChI=1S/C44H45ClF4N4/c1-50(2)34-17-9-29(10-18-34)39(30-11-19-35(20-12-30)51(3)4)27-33(38-25-26-41(44(47,48)49)42(45)43(38)46)28-40(31-13-21-36(22-14-31)52(5)6)32-15-23-37(24-16-32)53(7)8/h9-28,33H,1-8H3. The molecule has 5 rings (SSSR count). The van der Waals surface area contributed by atoms with E-state index in [9.17, 15) is 13.2 Å². The largest absolute Gasteiger partial charge is 0.417 e. The molecule has 0 bridgehead atoms. The molecular weight excluding hydrogens is 696 g/mol. The predicted octanol–water partition coefficient (Wildman–Crippen LogP) is 11.1. The molecule has 0 saturated heterocycles. The molecule has 0 aromatic heterocycles. The summed E-state index contributed by atoms with van der Waals surface area (Å²) in [4.78, 5) is 8.00. The molecule has 0 spiro atoms. The second kappa shape index (κ2) is 16.2. The van der Waals surface area contributed by atoms with Gasteiger partial charge in [0.2, 0.25) is 0 Å². The third kappa shape index (κ3) is 9.06. The maximum absolute atomic E-state index is 16.4. The van der Waals surface area contributed by atoms with Crippen molar-refractivity contribution in [2.75, 3.05) is 76.0 Å². The van der Waals surface area contributed by atoms with Crippen LogP contribution < -0.4 is 19.6 Å². The number of anilines is 4. The molecule has 0 heterocycles. The number of halogens is 5. The van der Waals surface area contributed by atoms with E-state index in [4.69, 9.17) is 11.6 Å². The van der Waals surface area contributed by atoms with Crippen LogP contribution in [-0.2, 0) is 6.18 Å². The molecule has 4 nitrogen and oxygen atoms in total. The van der Waals surface area contributed by atoms with E-state index in [1.54, 1.807) is 0 Å². The SMILES string of the molecule is CN(C)c1ccc(C(=CC(C=C(c2ccc(N(C)C)cc2)c2ccc(N(C)C)cc2)c2ccc(C(F)(F)F)c(Cl)c2F)c2ccc(N(C)C)cc2)cc1. The number of rotatable bonds is 11. The Morgan fingerprint density at radius 3 is 1.02 bits per heavy atom. The van der Waals surface area contributed by atoms with Gasteiger partial charge in [-0.2, -0.15) is 13.2 Å². The van der Waals surface area contributed by atoms with E-state index >= 15 is 4.39 Å². The second-order valence-corrected chi connectivity index (χ2v) is 14.2. The van der Waals surface area contributed by atoms with Crippen molar-refractivity contribution in [3.05, 3.63) is 166 Å². The Balaban J connectivity index is 1.84. The molecule has 5 aromatic rings. The van der Waals surface area contributed by atoms with E-state index in [-0.39, 0.29) is 5.56 Å². The highest BCUT2D eigenvalue weighted by Crippen LogP contribution is 2.41. The summed E-state index contributed by atoms with van der Waals surface area (Å²) < 4.78 is 58.2. The van der Waals surface area contributed by atoms with Crippen molar-refractivity contribution < 1.29 is 17.6 Å². The normalized spacial score (nSPS) is 11.3. The lowest BCUT2D eigenvalue weighted by atomic mass is 9.86. The summed E-state index contributed by atoms with van der Waals surface area (Å²) in [6.07, 6.45) is -0.988. The zero-order valence-electron chi connectivity index (χ0n) is 31.3. The fourth-order valence-corrected chi connectivity index (χ4v) is 6.38. The average molecular weight is 741 g/mol. The summed E-state index contributed by atoms with van der Waals surface area (Å²) in [6, 6.07) is 34.1. The number of hydrogen-bond acceptors (Lipinski definition) is 4. The first kappa shape index (κ1) is 39.0. The van der Waals surface area contributed by atoms with Crippen LogP contribution in [-0.4, -0.2) is 56.4 Å². The van der Waals surface area contributed by atoms with Gasteiger partial charge in [-0.1, -0.05) is 78.4 Å². The van der Waals surface area contributed by atoms with E-state index in [0.717, 1.165) is 62.2 Å². The Labute approximate surface area is 315 Å². The first-order valence-electron chi connectivity index (χ1n) is 17.1. The summed E-state index contributed by atoms with van der Waals surface area (Å²) in [5.74, 6) is -1.97. The molecule has 9 heteroatoms. The summed E-state index contributed by atoms with van der Waals surface area (Å²) in [5, 5.41) is -0.957. The number of alkyl halides is 3. The molecule has 53 heavy (non-hydrogen) atoms. The van der Waals surface area contributed by atoms with Crippen LogP contribution >= 0.6 is 11.6 Å². The molecule has 0 aliphatic carbocycles. The Hall–Kier alpha value is -5.21. The Kier molecular flexibility index (Phi) is 11.9. The van der Waals surface area contributed by atoms with Gasteiger partial charge in [0.1, 0.15) is 5.82 Å². The molecule has 0 aliphatic heterocycles. The van der Waals surface area contributed by atoms with Gasteiger partial charge < -0.3 is 19.6 Å². The first-order chi connectivity index (χ1) is 25.0. The van der Waals surface area contributed by atoms with Crippen molar-refractivity contribution in [1.82, 2.24) is 0 Å². The maximum atomic E-state index is 16.4. The van der Waals surface area contributed by atoms with Crippen molar-refractivity contribution >= 4 is 45.5 Å². The van der Waals surface area contributed by atoms with Crippen molar-refractivity contribution in [3.8, 4) is 0 Å². The molecule has 0 fully saturated rings. The third-order valence-electron chi connectivity index (χ3n) is 9.25. The average Bonchev–Trinajstić information content (AvgIpc) is 3.13. The van der Waals surface area contributed by atoms with E-state index in [1.807, 2.05) is 185 Å². The van der Waals surface area contributed by atoms with Gasteiger partial charge in [-0.3, -0.25) is 0 Å². The topological polar surface area (TPSA) is 13.0 Å². The first-order valence-corrected chi connectivity index (χ1v) is 17.5. The zero-order valence-corrected chi connectivity index (χ0v) is 32.1. The number of hydrogen-bond donors (Lipinski definition) is 0. The van der Waals surface area contributed by atoms with Gasteiger partial charge >= 0.3 is 6.18 Å². The Bertz CT molecular complexity index is 1840. The smallest absolute Gasteiger partial charge is 0.378 e. The van der Waals surface area contributed by atoms with E-state index in [1.165, 1.54) is 6.07 Å². The predicted molar refractivity (Wildman–Crippen MR) is 216 cm³/mol. The minimum absolute atomic E-state index is 0.0163. The highest BCUT2D eigenvalue weighted by molar-refractivity contribution is 6.31. The molecule has 0 amide bonds. The molecule has 0 saturated carbocycles. The molecular formula is C44H45ClF4N4. The summed E-state index contributed by atoms with van der Waals surface area (Å²) in [5.41, 5.74) is 7.78. The van der Waals surface area contributed by atoms with Crippen LogP contribution in [0, 0.1) is 5.82 Å². The summed E-state index contributed by atoms with van der Waals surface area (Å²) >= 11 is 6.20. The number of benzene rings is 5. The van der Waals surface area contributed by atoms with E-state index < -0.39 is 28.5 Å². The quantitative estimate of drug-likeness (QED) is 0.125. The fourth-order valence-electron chi connectivity index (χ4n) is 6.10. The molecule has 0 N–H and O–H groups in total. The van der Waals surface area contributed by atoms with Gasteiger partial charge in [-0.05, 0) is 88.0 Å². The molecule has 0 aliphatic rings. The van der Waals surface area contributed by atoms with Gasteiger partial charge in [-0.25, -0.2) is 4.39 Å². The van der Waals surface area contributed by atoms with Crippen LogP contribution in [0.2, 0.25) is 5.02 Å². The molecule has 276 valence electrons. The van der Waals surface area contributed by atoms with E-state index in [2.05, 4.69) is 0 Å². The van der Waals surface area contributed by atoms with Gasteiger partial charge in [-0.15, -0.1) is 0 Å². The van der Waals surface area contributed by atoms with Crippen molar-refractivity contribution in [2.24, 2.45) is 0 Å². The Morgan fingerprint density at radius 1 is 0.491 bits per heavy atom. The minimum atomic E-state index is -4.82. The van der Waals surface area contributed by atoms with Gasteiger partial charge in [0.05, 0.1) is 10.6 Å². The van der Waals surface area contributed by atoms with Crippen LogP contribution in [0.3, 0.4) is 0 Å². The third-order valence-corrected chi connectivity index (χ3v) is 9.62. The highest BCUT2D eigenvalue weighted by atomic mass is 35.5. The second-order valence-electron chi connectivity index (χ2n) is 13.8. The lowest BCUT2D eigenvalue weighted by Gasteiger charge is -2.21. The Morgan fingerprint density at radius 2 is 0.774 bits per heavy atom. The van der Waals surface area contributed by atoms with Crippen LogP contribution in [0.1, 0.15) is 39.3 Å². The van der Waals surface area contributed by atoms with Crippen LogP contribution in [0.5, 0.6) is 0 Å². The summed E-state index contributed by atoms with van der Waals surface area (Å²) in [7, 11) is 15.7. The molecule has 0 atom stereocenters. The molecule has 0 radical (unpaired) electrons. The maximum Gasteiger partial charge on any atom is 0.417 e. The van der Waals surface area contributed by atoms with Crippen LogP contribution in [0.25, 0.3) is 11.1 Å². The lowest BCUT2D eigenvalue weighted by Crippen LogP contribution is -2.10. The van der Waals surface area contributed by atoms with Crippen molar-refractivity contribution in [1.29, 1.82) is 0 Å². The van der Waals surface area contributed by atoms with Crippen molar-refractivity contribution in [2.45, 2.75) is 12.1 Å². The molecule has 5 aromatic carbocycles. The molecule has 0 unspecified atom stereocenters. The van der Waals surface area contributed by atoms with Crippen LogP contribution in [0.4, 0.5) is 40.3 Å². The van der Waals surface area contributed by atoms with Gasteiger partial charge in [0.25, 0.3) is 0 Å². The minimum Gasteiger partial charge on any atom is -0.378 e. The lowest BCUT2D eigenvalue weighted by molar-refractivity contribution is -0.137. The number of nitrogens with zero attached hydrogens (tertiary/aromatic N) is 4. The van der Waals surface area contributed by atoms with Crippen LogP contribution in [0.15, 0.2) is 121 Å². The zero-order chi connectivity index (χ0) is 38.6. The fraction of sp³-hybridized carbons (Fsp3) is 0.227. The van der Waals surface area contributed by atoms with Crippen molar-refractivity contribution in [3.63, 3.8) is 0 Å². The van der Waals surface area contributed by atoms with E-state index in [0.29, 0.717) is 0 Å². The monoisotopic (exact) mass is 740 g/mol. The summed E-state index contributed by atoms with van der Waals surface area (Å²) in [6.45, 7) is 0. The van der Waals surface area contributed by atoms with Gasteiger partial charge in [0.15, 0.2) is 0 Å². The highest BCUT2D eigenvalue weighted by Gasteiger charge is 2.35.